The number of carbonyl (C=O) groups excluding carboxylic acids is 1. The molecule has 0 spiro atoms. The quantitative estimate of drug-likeness (QED) is 0.732. The van der Waals surface area contributed by atoms with Crippen molar-refractivity contribution in [2.24, 2.45) is 5.92 Å². The SMILES string of the molecule is CC[C@@H](C)N(Cc1cc(NC(=O)C2CCCC2)ccc1N(C)C)S(C)(=O)=O. The molecule has 0 bridgehead atoms. The van der Waals surface area contributed by atoms with Gasteiger partial charge in [-0.1, -0.05) is 19.8 Å². The van der Waals surface area contributed by atoms with Crippen LogP contribution in [0, 0.1) is 5.92 Å². The van der Waals surface area contributed by atoms with Crippen LogP contribution in [0.15, 0.2) is 18.2 Å². The third-order valence-electron chi connectivity index (χ3n) is 5.39. The highest BCUT2D eigenvalue weighted by Crippen LogP contribution is 2.29. The van der Waals surface area contributed by atoms with E-state index in [1.807, 2.05) is 51.0 Å². The third kappa shape index (κ3) is 5.69. The molecular weight excluding hydrogens is 362 g/mol. The Hall–Kier alpha value is -1.60. The van der Waals surface area contributed by atoms with E-state index in [1.54, 1.807) is 0 Å². The van der Waals surface area contributed by atoms with Gasteiger partial charge in [-0.2, -0.15) is 4.31 Å². The minimum atomic E-state index is -3.34. The highest BCUT2D eigenvalue weighted by Gasteiger charge is 2.25. The van der Waals surface area contributed by atoms with Gasteiger partial charge in [-0.3, -0.25) is 4.79 Å². The number of benzene rings is 1. The van der Waals surface area contributed by atoms with Crippen LogP contribution < -0.4 is 10.2 Å². The first-order valence-electron chi connectivity index (χ1n) is 9.71. The number of nitrogens with one attached hydrogen (secondary N) is 1. The number of sulfonamides is 1. The Bertz CT molecular complexity index is 756. The van der Waals surface area contributed by atoms with Gasteiger partial charge in [0.05, 0.1) is 6.26 Å². The lowest BCUT2D eigenvalue weighted by atomic mass is 10.1. The van der Waals surface area contributed by atoms with Gasteiger partial charge in [0.2, 0.25) is 15.9 Å². The van der Waals surface area contributed by atoms with Gasteiger partial charge in [-0.15, -0.1) is 0 Å². The van der Waals surface area contributed by atoms with Crippen LogP contribution in [0.2, 0.25) is 0 Å². The van der Waals surface area contributed by atoms with E-state index in [0.29, 0.717) is 0 Å². The maximum Gasteiger partial charge on any atom is 0.227 e. The Morgan fingerprint density at radius 2 is 1.89 bits per heavy atom. The first kappa shape index (κ1) is 21.7. The summed E-state index contributed by atoms with van der Waals surface area (Å²) in [4.78, 5) is 14.4. The summed E-state index contributed by atoms with van der Waals surface area (Å²) in [5, 5.41) is 3.02. The van der Waals surface area contributed by atoms with E-state index >= 15 is 0 Å². The number of anilines is 2. The van der Waals surface area contributed by atoms with Crippen molar-refractivity contribution < 1.29 is 13.2 Å². The van der Waals surface area contributed by atoms with Crippen molar-refractivity contribution in [3.05, 3.63) is 23.8 Å². The zero-order chi connectivity index (χ0) is 20.2. The number of nitrogens with zero attached hydrogens (tertiary/aromatic N) is 2. The summed E-state index contributed by atoms with van der Waals surface area (Å²) in [6, 6.07) is 5.64. The van der Waals surface area contributed by atoms with Crippen LogP contribution in [0.5, 0.6) is 0 Å². The fourth-order valence-electron chi connectivity index (χ4n) is 3.63. The van der Waals surface area contributed by atoms with E-state index in [0.717, 1.165) is 49.0 Å². The smallest absolute Gasteiger partial charge is 0.227 e. The number of hydrogen-bond donors (Lipinski definition) is 1. The van der Waals surface area contributed by atoms with Crippen LogP contribution in [-0.2, 0) is 21.4 Å². The summed E-state index contributed by atoms with van der Waals surface area (Å²) in [5.41, 5.74) is 2.56. The van der Waals surface area contributed by atoms with Crippen LogP contribution in [0.3, 0.4) is 0 Å². The molecule has 1 fully saturated rings. The van der Waals surface area contributed by atoms with Gasteiger partial charge >= 0.3 is 0 Å². The molecule has 1 aromatic carbocycles. The van der Waals surface area contributed by atoms with Crippen LogP contribution in [0.4, 0.5) is 11.4 Å². The van der Waals surface area contributed by atoms with E-state index < -0.39 is 10.0 Å². The summed E-state index contributed by atoms with van der Waals surface area (Å²) >= 11 is 0. The van der Waals surface area contributed by atoms with Gasteiger partial charge in [0.15, 0.2) is 0 Å². The number of hydrogen-bond acceptors (Lipinski definition) is 4. The van der Waals surface area contributed by atoms with Crippen LogP contribution >= 0.6 is 0 Å². The minimum absolute atomic E-state index is 0.0675. The Morgan fingerprint density at radius 3 is 2.41 bits per heavy atom. The fourth-order valence-corrected chi connectivity index (χ4v) is 4.81. The van der Waals surface area contributed by atoms with Gasteiger partial charge in [0, 0.05) is 44.0 Å². The summed E-state index contributed by atoms with van der Waals surface area (Å²) in [5.74, 6) is 0.160. The maximum atomic E-state index is 12.5. The first-order valence-corrected chi connectivity index (χ1v) is 11.6. The van der Waals surface area contributed by atoms with Crippen LogP contribution in [-0.4, -0.2) is 45.0 Å². The van der Waals surface area contributed by atoms with Gasteiger partial charge in [-0.25, -0.2) is 8.42 Å². The van der Waals surface area contributed by atoms with E-state index in [9.17, 15) is 13.2 Å². The van der Waals surface area contributed by atoms with Crippen molar-refractivity contribution in [1.82, 2.24) is 4.31 Å². The molecule has 27 heavy (non-hydrogen) atoms. The zero-order valence-electron chi connectivity index (χ0n) is 17.2. The standard InChI is InChI=1S/C20H33N3O3S/c1-6-15(2)23(27(5,25)26)14-17-13-18(11-12-19(17)22(3)4)21-20(24)16-9-7-8-10-16/h11-13,15-16H,6-10,14H2,1-5H3,(H,21,24)/t15-/m1/s1. The lowest BCUT2D eigenvalue weighted by Crippen LogP contribution is -2.37. The second-order valence-corrected chi connectivity index (χ2v) is 9.71. The number of carbonyl (C=O) groups is 1. The molecule has 0 heterocycles. The minimum Gasteiger partial charge on any atom is -0.377 e. The van der Waals surface area contributed by atoms with Gasteiger partial charge < -0.3 is 10.2 Å². The fraction of sp³-hybridized carbons (Fsp3) is 0.650. The lowest BCUT2D eigenvalue weighted by molar-refractivity contribution is -0.119. The van der Waals surface area contributed by atoms with Gasteiger partial charge in [0.1, 0.15) is 0 Å². The summed E-state index contributed by atoms with van der Waals surface area (Å²) in [7, 11) is 0.530. The Kier molecular flexibility index (Phi) is 7.28. The second-order valence-electron chi connectivity index (χ2n) is 7.77. The topological polar surface area (TPSA) is 69.7 Å². The van der Waals surface area contributed by atoms with Crippen LogP contribution in [0.1, 0.15) is 51.5 Å². The zero-order valence-corrected chi connectivity index (χ0v) is 18.0. The maximum absolute atomic E-state index is 12.5. The van der Waals surface area contributed by atoms with Crippen molar-refractivity contribution in [3.63, 3.8) is 0 Å². The molecule has 2 rings (SSSR count). The molecule has 1 N–H and O–H groups in total. The van der Waals surface area contributed by atoms with Crippen LogP contribution in [0.25, 0.3) is 0 Å². The normalized spacial score (nSPS) is 16.5. The second kappa shape index (κ2) is 9.06. The molecule has 152 valence electrons. The lowest BCUT2D eigenvalue weighted by Gasteiger charge is -2.28. The summed E-state index contributed by atoms with van der Waals surface area (Å²) < 4.78 is 26.1. The van der Waals surface area contributed by atoms with Crippen molar-refractivity contribution >= 4 is 27.3 Å². The Labute approximate surface area is 164 Å². The molecule has 0 unspecified atom stereocenters. The number of rotatable bonds is 8. The summed E-state index contributed by atoms with van der Waals surface area (Å²) in [6.07, 6.45) is 6.11. The molecule has 6 nitrogen and oxygen atoms in total. The summed E-state index contributed by atoms with van der Waals surface area (Å²) in [6.45, 7) is 4.19. The van der Waals surface area contributed by atoms with Crippen molar-refractivity contribution in [1.29, 1.82) is 0 Å². The molecule has 0 saturated heterocycles. The molecule has 0 radical (unpaired) electrons. The highest BCUT2D eigenvalue weighted by molar-refractivity contribution is 7.88. The van der Waals surface area contributed by atoms with Gasteiger partial charge in [0.25, 0.3) is 0 Å². The molecule has 1 aliphatic carbocycles. The first-order chi connectivity index (χ1) is 12.6. The predicted octanol–water partition coefficient (Wildman–Crippen LogP) is 3.44. The van der Waals surface area contributed by atoms with E-state index in [2.05, 4.69) is 5.32 Å². The molecule has 7 heteroatoms. The molecule has 0 aromatic heterocycles. The predicted molar refractivity (Wildman–Crippen MR) is 111 cm³/mol. The third-order valence-corrected chi connectivity index (χ3v) is 6.73. The molecule has 1 saturated carbocycles. The van der Waals surface area contributed by atoms with E-state index in [1.165, 1.54) is 10.6 Å². The molecule has 0 aliphatic heterocycles. The molecule has 1 amide bonds. The largest absolute Gasteiger partial charge is 0.377 e. The average Bonchev–Trinajstić information content (AvgIpc) is 3.12. The van der Waals surface area contributed by atoms with Gasteiger partial charge in [-0.05, 0) is 49.9 Å². The molecular formula is C20H33N3O3S. The van der Waals surface area contributed by atoms with E-state index in [4.69, 9.17) is 0 Å². The van der Waals surface area contributed by atoms with Crippen molar-refractivity contribution in [3.8, 4) is 0 Å². The molecule has 1 atom stereocenters. The Morgan fingerprint density at radius 1 is 1.26 bits per heavy atom. The highest BCUT2D eigenvalue weighted by atomic mass is 32.2. The van der Waals surface area contributed by atoms with E-state index in [-0.39, 0.29) is 24.4 Å². The molecule has 1 aliphatic rings. The number of amides is 1. The average molecular weight is 396 g/mol. The molecule has 1 aromatic rings. The van der Waals surface area contributed by atoms with Crippen molar-refractivity contribution in [2.75, 3.05) is 30.6 Å². The Balaban J connectivity index is 2.30. The van der Waals surface area contributed by atoms with Crippen molar-refractivity contribution in [2.45, 2.75) is 58.5 Å². The monoisotopic (exact) mass is 395 g/mol.